The van der Waals surface area contributed by atoms with Crippen LogP contribution < -0.4 is 10.6 Å². The number of aliphatic imine (C=N–C) groups is 1. The molecule has 1 saturated heterocycles. The number of likely N-dealkylation sites (tertiary alicyclic amines) is 1. The van der Waals surface area contributed by atoms with Gasteiger partial charge in [-0.1, -0.05) is 25.1 Å². The minimum absolute atomic E-state index is 0.475. The van der Waals surface area contributed by atoms with E-state index >= 15 is 0 Å². The maximum Gasteiger partial charge on any atom is 0.191 e. The van der Waals surface area contributed by atoms with Crippen molar-refractivity contribution >= 4 is 5.96 Å². The summed E-state index contributed by atoms with van der Waals surface area (Å²) >= 11 is 0. The van der Waals surface area contributed by atoms with E-state index < -0.39 is 0 Å². The summed E-state index contributed by atoms with van der Waals surface area (Å²) < 4.78 is 1.98. The predicted octanol–water partition coefficient (Wildman–Crippen LogP) is 2.20. The lowest BCUT2D eigenvalue weighted by molar-refractivity contribution is 0.206. The van der Waals surface area contributed by atoms with Crippen LogP contribution in [0.4, 0.5) is 0 Å². The molecule has 1 aliphatic rings. The van der Waals surface area contributed by atoms with Crippen LogP contribution in [-0.4, -0.2) is 57.8 Å². The van der Waals surface area contributed by atoms with Gasteiger partial charge in [-0.25, -0.2) is 4.99 Å². The second-order valence-corrected chi connectivity index (χ2v) is 6.91. The number of nitrogens with zero attached hydrogens (tertiary/aromatic N) is 5. The first-order valence-corrected chi connectivity index (χ1v) is 10.0. The Morgan fingerprint density at radius 2 is 1.96 bits per heavy atom. The number of hydrogen-bond acceptors (Lipinski definition) is 4. The lowest BCUT2D eigenvalue weighted by atomic mass is 10.1. The van der Waals surface area contributed by atoms with Crippen LogP contribution in [0.15, 0.2) is 41.7 Å². The van der Waals surface area contributed by atoms with Crippen molar-refractivity contribution in [2.75, 3.05) is 26.2 Å². The van der Waals surface area contributed by atoms with Crippen LogP contribution in [0.3, 0.4) is 0 Å². The predicted molar refractivity (Wildman–Crippen MR) is 109 cm³/mol. The topological polar surface area (TPSA) is 70.4 Å². The molecule has 7 nitrogen and oxygen atoms in total. The summed E-state index contributed by atoms with van der Waals surface area (Å²) in [6.07, 6.45) is 5.28. The van der Waals surface area contributed by atoms with Crippen LogP contribution in [0.5, 0.6) is 0 Å². The molecule has 1 aromatic heterocycles. The molecule has 1 aliphatic heterocycles. The van der Waals surface area contributed by atoms with Gasteiger partial charge in [-0.3, -0.25) is 4.57 Å². The van der Waals surface area contributed by atoms with Crippen molar-refractivity contribution in [3.8, 4) is 5.69 Å². The first-order valence-electron chi connectivity index (χ1n) is 10.0. The molecule has 0 aliphatic carbocycles. The first kappa shape index (κ1) is 19.4. The highest BCUT2D eigenvalue weighted by Crippen LogP contribution is 2.11. The van der Waals surface area contributed by atoms with E-state index in [0.717, 1.165) is 49.9 Å². The van der Waals surface area contributed by atoms with E-state index in [0.29, 0.717) is 12.6 Å². The van der Waals surface area contributed by atoms with Crippen LogP contribution in [0.25, 0.3) is 5.69 Å². The van der Waals surface area contributed by atoms with E-state index in [4.69, 9.17) is 4.99 Å². The van der Waals surface area contributed by atoms with Crippen molar-refractivity contribution in [1.82, 2.24) is 30.3 Å². The molecule has 2 aromatic rings. The SMILES string of the molecule is CCCN1CCC(NC(=NCc2nncn2-c2ccccc2)NCC)CC1. The summed E-state index contributed by atoms with van der Waals surface area (Å²) in [5.74, 6) is 1.69. The second kappa shape index (κ2) is 10.1. The van der Waals surface area contributed by atoms with Crippen LogP contribution in [-0.2, 0) is 6.54 Å². The van der Waals surface area contributed by atoms with Gasteiger partial charge in [-0.05, 0) is 44.9 Å². The number of nitrogens with one attached hydrogen (secondary N) is 2. The highest BCUT2D eigenvalue weighted by molar-refractivity contribution is 5.80. The average molecular weight is 370 g/mol. The molecule has 2 N–H and O–H groups in total. The summed E-state index contributed by atoms with van der Waals surface area (Å²) in [4.78, 5) is 7.30. The minimum atomic E-state index is 0.475. The molecule has 0 radical (unpaired) electrons. The van der Waals surface area contributed by atoms with Gasteiger partial charge in [0.05, 0.1) is 0 Å². The first-order chi connectivity index (χ1) is 13.3. The molecule has 1 fully saturated rings. The number of benzene rings is 1. The third-order valence-corrected chi connectivity index (χ3v) is 4.84. The van der Waals surface area contributed by atoms with E-state index in [1.807, 2.05) is 34.9 Å². The fourth-order valence-corrected chi connectivity index (χ4v) is 3.45. The number of hydrogen-bond donors (Lipinski definition) is 2. The van der Waals surface area contributed by atoms with Gasteiger partial charge in [0.25, 0.3) is 0 Å². The molecule has 7 heteroatoms. The lowest BCUT2D eigenvalue weighted by Gasteiger charge is -2.32. The molecular formula is C20H31N7. The highest BCUT2D eigenvalue weighted by Gasteiger charge is 2.19. The van der Waals surface area contributed by atoms with Crippen molar-refractivity contribution in [2.45, 2.75) is 45.7 Å². The Morgan fingerprint density at radius 3 is 2.67 bits per heavy atom. The molecule has 27 heavy (non-hydrogen) atoms. The number of para-hydroxylation sites is 1. The molecule has 1 aromatic carbocycles. The van der Waals surface area contributed by atoms with Crippen LogP contribution in [0, 0.1) is 0 Å². The number of rotatable bonds is 7. The summed E-state index contributed by atoms with van der Waals surface area (Å²) in [6.45, 7) is 9.18. The monoisotopic (exact) mass is 369 g/mol. The third kappa shape index (κ3) is 5.53. The maximum absolute atomic E-state index is 4.75. The Morgan fingerprint density at radius 1 is 1.19 bits per heavy atom. The van der Waals surface area contributed by atoms with Crippen molar-refractivity contribution in [3.63, 3.8) is 0 Å². The number of guanidine groups is 1. The molecule has 146 valence electrons. The smallest absolute Gasteiger partial charge is 0.191 e. The Hall–Kier alpha value is -2.41. The zero-order chi connectivity index (χ0) is 18.9. The number of piperidine rings is 1. The van der Waals surface area contributed by atoms with Gasteiger partial charge in [0.1, 0.15) is 12.9 Å². The van der Waals surface area contributed by atoms with Crippen LogP contribution in [0.2, 0.25) is 0 Å². The zero-order valence-corrected chi connectivity index (χ0v) is 16.4. The van der Waals surface area contributed by atoms with Gasteiger partial charge in [0, 0.05) is 31.4 Å². The fraction of sp³-hybridized carbons (Fsp3) is 0.550. The molecule has 0 atom stereocenters. The summed E-state index contributed by atoms with van der Waals surface area (Å²) in [6, 6.07) is 10.6. The third-order valence-electron chi connectivity index (χ3n) is 4.84. The van der Waals surface area contributed by atoms with Crippen LogP contribution >= 0.6 is 0 Å². The van der Waals surface area contributed by atoms with E-state index in [1.54, 1.807) is 6.33 Å². The van der Waals surface area contributed by atoms with E-state index in [2.05, 4.69) is 39.6 Å². The van der Waals surface area contributed by atoms with Gasteiger partial charge in [0.15, 0.2) is 11.8 Å². The zero-order valence-electron chi connectivity index (χ0n) is 16.4. The minimum Gasteiger partial charge on any atom is -0.357 e. The van der Waals surface area contributed by atoms with Crippen molar-refractivity contribution in [2.24, 2.45) is 4.99 Å². The molecule has 0 amide bonds. The second-order valence-electron chi connectivity index (χ2n) is 6.91. The van der Waals surface area contributed by atoms with E-state index in [9.17, 15) is 0 Å². The van der Waals surface area contributed by atoms with Gasteiger partial charge in [-0.15, -0.1) is 10.2 Å². The molecule has 0 spiro atoms. The molecule has 3 rings (SSSR count). The van der Waals surface area contributed by atoms with E-state index in [-0.39, 0.29) is 0 Å². The van der Waals surface area contributed by atoms with Gasteiger partial charge in [-0.2, -0.15) is 0 Å². The van der Waals surface area contributed by atoms with Crippen LogP contribution in [0.1, 0.15) is 38.9 Å². The normalized spacial score (nSPS) is 16.4. The molecule has 2 heterocycles. The van der Waals surface area contributed by atoms with E-state index in [1.165, 1.54) is 13.0 Å². The van der Waals surface area contributed by atoms with Crippen molar-refractivity contribution in [3.05, 3.63) is 42.5 Å². The molecular weight excluding hydrogens is 338 g/mol. The van der Waals surface area contributed by atoms with Gasteiger partial charge < -0.3 is 15.5 Å². The Labute approximate surface area is 161 Å². The van der Waals surface area contributed by atoms with Crippen molar-refractivity contribution in [1.29, 1.82) is 0 Å². The largest absolute Gasteiger partial charge is 0.357 e. The Kier molecular flexibility index (Phi) is 7.21. The Bertz CT molecular complexity index is 702. The van der Waals surface area contributed by atoms with Gasteiger partial charge in [0.2, 0.25) is 0 Å². The molecule has 0 unspecified atom stereocenters. The lowest BCUT2D eigenvalue weighted by Crippen LogP contribution is -2.48. The molecule has 0 bridgehead atoms. The molecule has 0 saturated carbocycles. The highest BCUT2D eigenvalue weighted by atomic mass is 15.3. The average Bonchev–Trinajstić information content (AvgIpc) is 3.17. The Balaban J connectivity index is 1.61. The number of aromatic nitrogens is 3. The summed E-state index contributed by atoms with van der Waals surface area (Å²) in [5, 5.41) is 15.3. The summed E-state index contributed by atoms with van der Waals surface area (Å²) in [5.41, 5.74) is 1.05. The fourth-order valence-electron chi connectivity index (χ4n) is 3.45. The van der Waals surface area contributed by atoms with Crippen molar-refractivity contribution < 1.29 is 0 Å². The standard InChI is InChI=1S/C20H31N7/c1-3-12-26-13-10-17(11-14-26)24-20(21-4-2)22-15-19-25-23-16-27(19)18-8-6-5-7-9-18/h5-9,16-17H,3-4,10-15H2,1-2H3,(H2,21,22,24). The summed E-state index contributed by atoms with van der Waals surface area (Å²) in [7, 11) is 0. The maximum atomic E-state index is 4.75. The quantitative estimate of drug-likeness (QED) is 0.578. The van der Waals surface area contributed by atoms with Gasteiger partial charge >= 0.3 is 0 Å².